The fourth-order valence-electron chi connectivity index (χ4n) is 10.6. The van der Waals surface area contributed by atoms with E-state index in [9.17, 15) is 0 Å². The zero-order chi connectivity index (χ0) is 45.0. The van der Waals surface area contributed by atoms with Gasteiger partial charge in [0.05, 0.1) is 22.4 Å². The first-order chi connectivity index (χ1) is 33.7. The SMILES string of the molecule is c1ccc(-c2ccc(N(c3ccc(-c4ccc5c6ccccc6c6ccccc6c5c4)cc3)c3ccccc3-c3ccccc3)c(-c3cccc(-n4c5ccccc5c5ccccc54)c3)c2)cc1. The maximum absolute atomic E-state index is 2.46. The summed E-state index contributed by atoms with van der Waals surface area (Å²) < 4.78 is 2.41. The van der Waals surface area contributed by atoms with E-state index in [0.29, 0.717) is 0 Å². The van der Waals surface area contributed by atoms with E-state index in [2.05, 4.69) is 276 Å². The molecule has 1 heterocycles. The van der Waals surface area contributed by atoms with Crippen LogP contribution in [-0.4, -0.2) is 4.57 Å². The van der Waals surface area contributed by atoms with Gasteiger partial charge in [0.15, 0.2) is 0 Å². The second-order valence-corrected chi connectivity index (χ2v) is 17.6. The van der Waals surface area contributed by atoms with Crippen LogP contribution < -0.4 is 4.90 Å². The number of anilines is 3. The summed E-state index contributed by atoms with van der Waals surface area (Å²) >= 11 is 0. The monoisotopic (exact) mass is 864 g/mol. The minimum atomic E-state index is 1.07. The van der Waals surface area contributed by atoms with Crippen molar-refractivity contribution in [1.82, 2.24) is 4.57 Å². The van der Waals surface area contributed by atoms with Crippen molar-refractivity contribution in [3.63, 3.8) is 0 Å². The Morgan fingerprint density at radius 2 is 0.691 bits per heavy atom. The number of hydrogen-bond donors (Lipinski definition) is 0. The molecule has 0 saturated heterocycles. The molecule has 0 aliphatic carbocycles. The van der Waals surface area contributed by atoms with Crippen molar-refractivity contribution in [3.8, 4) is 50.2 Å². The molecular weight excluding hydrogens is 821 g/mol. The Balaban J connectivity index is 1.01. The summed E-state index contributed by atoms with van der Waals surface area (Å²) in [6.45, 7) is 0. The third-order valence-corrected chi connectivity index (χ3v) is 13.8. The molecule has 68 heavy (non-hydrogen) atoms. The summed E-state index contributed by atoms with van der Waals surface area (Å²) in [5.41, 5.74) is 16.0. The highest BCUT2D eigenvalue weighted by Crippen LogP contribution is 2.47. The lowest BCUT2D eigenvalue weighted by Gasteiger charge is -2.30. The third kappa shape index (κ3) is 6.65. The van der Waals surface area contributed by atoms with E-state index < -0.39 is 0 Å². The van der Waals surface area contributed by atoms with Gasteiger partial charge in [0.2, 0.25) is 0 Å². The smallest absolute Gasteiger partial charge is 0.0541 e. The molecule has 13 aromatic rings. The molecular formula is C66H44N2. The van der Waals surface area contributed by atoms with Crippen molar-refractivity contribution in [2.24, 2.45) is 0 Å². The van der Waals surface area contributed by atoms with Gasteiger partial charge < -0.3 is 9.47 Å². The number of benzene rings is 12. The van der Waals surface area contributed by atoms with Gasteiger partial charge in [-0.2, -0.15) is 0 Å². The van der Waals surface area contributed by atoms with Gasteiger partial charge in [-0.1, -0.05) is 206 Å². The van der Waals surface area contributed by atoms with Crippen molar-refractivity contribution in [2.45, 2.75) is 0 Å². The summed E-state index contributed by atoms with van der Waals surface area (Å²) in [6, 6.07) is 97.6. The van der Waals surface area contributed by atoms with Crippen molar-refractivity contribution >= 4 is 71.2 Å². The van der Waals surface area contributed by atoms with Gasteiger partial charge in [-0.05, 0) is 126 Å². The molecule has 0 saturated carbocycles. The Bertz CT molecular complexity index is 3930. The van der Waals surface area contributed by atoms with Crippen LogP contribution in [0.4, 0.5) is 17.1 Å². The van der Waals surface area contributed by atoms with E-state index >= 15 is 0 Å². The van der Waals surface area contributed by atoms with E-state index in [4.69, 9.17) is 0 Å². The summed E-state index contributed by atoms with van der Waals surface area (Å²) in [5, 5.41) is 10.2. The largest absolute Gasteiger partial charge is 0.309 e. The van der Waals surface area contributed by atoms with Crippen LogP contribution in [0.3, 0.4) is 0 Å². The average Bonchev–Trinajstić information content (AvgIpc) is 3.76. The van der Waals surface area contributed by atoms with Crippen molar-refractivity contribution in [3.05, 3.63) is 267 Å². The van der Waals surface area contributed by atoms with Crippen LogP contribution in [0, 0.1) is 0 Å². The maximum atomic E-state index is 2.46. The van der Waals surface area contributed by atoms with Gasteiger partial charge in [0, 0.05) is 33.3 Å². The Hall–Kier alpha value is -8.98. The number of fused-ring (bicyclic) bond motifs is 9. The summed E-state index contributed by atoms with van der Waals surface area (Å²) in [4.78, 5) is 2.46. The lowest BCUT2D eigenvalue weighted by molar-refractivity contribution is 1.18. The summed E-state index contributed by atoms with van der Waals surface area (Å²) in [7, 11) is 0. The highest BCUT2D eigenvalue weighted by molar-refractivity contribution is 6.25. The van der Waals surface area contributed by atoms with Crippen LogP contribution >= 0.6 is 0 Å². The standard InChI is InChI=1S/C66H44N2/c1-3-18-45(19-4-1)49-37-41-66(61(43-49)50-22-17-23-52(42-50)68-64-32-15-12-29-59(64)60-30-13-16-33-65(60)68)67(63-31-14-11-24-53(63)47-20-5-2-6-21-47)51-38-34-46(35-39-51)48-36-40-58-56-27-8-7-25-54(56)55-26-9-10-28-57(55)62(58)44-48/h1-44H. The molecule has 0 unspecified atom stereocenters. The molecule has 0 spiro atoms. The lowest BCUT2D eigenvalue weighted by Crippen LogP contribution is -2.12. The molecule has 318 valence electrons. The maximum Gasteiger partial charge on any atom is 0.0541 e. The van der Waals surface area contributed by atoms with Crippen LogP contribution in [0.2, 0.25) is 0 Å². The molecule has 0 bridgehead atoms. The van der Waals surface area contributed by atoms with E-state index in [0.717, 1.165) is 50.6 Å². The van der Waals surface area contributed by atoms with Crippen LogP contribution in [0.5, 0.6) is 0 Å². The molecule has 13 rings (SSSR count). The zero-order valence-electron chi connectivity index (χ0n) is 37.3. The van der Waals surface area contributed by atoms with E-state index in [1.807, 2.05) is 0 Å². The lowest BCUT2D eigenvalue weighted by atomic mass is 9.92. The molecule has 2 nitrogen and oxygen atoms in total. The first kappa shape index (κ1) is 39.4. The molecule has 0 aliphatic heterocycles. The Morgan fingerprint density at radius 1 is 0.235 bits per heavy atom. The average molecular weight is 865 g/mol. The van der Waals surface area contributed by atoms with Gasteiger partial charge in [-0.15, -0.1) is 0 Å². The normalized spacial score (nSPS) is 11.5. The molecule has 0 fully saturated rings. The van der Waals surface area contributed by atoms with Gasteiger partial charge in [0.25, 0.3) is 0 Å². The molecule has 0 N–H and O–H groups in total. The Morgan fingerprint density at radius 3 is 1.35 bits per heavy atom. The molecule has 2 heteroatoms. The number of para-hydroxylation sites is 3. The number of hydrogen-bond acceptors (Lipinski definition) is 1. The topological polar surface area (TPSA) is 8.17 Å². The second kappa shape index (κ2) is 16.5. The first-order valence-electron chi connectivity index (χ1n) is 23.4. The summed E-state index contributed by atoms with van der Waals surface area (Å²) in [5.74, 6) is 0. The molecule has 0 amide bonds. The van der Waals surface area contributed by atoms with Gasteiger partial charge in [-0.3, -0.25) is 0 Å². The quantitative estimate of drug-likeness (QED) is 0.138. The van der Waals surface area contributed by atoms with E-state index in [1.165, 1.54) is 70.8 Å². The van der Waals surface area contributed by atoms with Crippen molar-refractivity contribution < 1.29 is 0 Å². The van der Waals surface area contributed by atoms with E-state index in [-0.39, 0.29) is 0 Å². The van der Waals surface area contributed by atoms with E-state index in [1.54, 1.807) is 0 Å². The number of rotatable bonds is 8. The number of nitrogens with zero attached hydrogens (tertiary/aromatic N) is 2. The van der Waals surface area contributed by atoms with Crippen molar-refractivity contribution in [1.29, 1.82) is 0 Å². The molecule has 0 aliphatic rings. The molecule has 12 aromatic carbocycles. The third-order valence-electron chi connectivity index (χ3n) is 13.8. The highest BCUT2D eigenvalue weighted by Gasteiger charge is 2.22. The Kier molecular flexibility index (Phi) is 9.54. The molecule has 0 radical (unpaired) electrons. The van der Waals surface area contributed by atoms with Gasteiger partial charge in [0.1, 0.15) is 0 Å². The second-order valence-electron chi connectivity index (χ2n) is 17.6. The van der Waals surface area contributed by atoms with Crippen LogP contribution in [0.25, 0.3) is 104 Å². The highest BCUT2D eigenvalue weighted by atomic mass is 15.1. The predicted octanol–water partition coefficient (Wildman–Crippen LogP) is 18.4. The summed E-state index contributed by atoms with van der Waals surface area (Å²) in [6.07, 6.45) is 0. The minimum Gasteiger partial charge on any atom is -0.309 e. The van der Waals surface area contributed by atoms with Gasteiger partial charge >= 0.3 is 0 Å². The fourth-order valence-corrected chi connectivity index (χ4v) is 10.6. The first-order valence-corrected chi connectivity index (χ1v) is 23.4. The fraction of sp³-hybridized carbons (Fsp3) is 0. The Labute approximate surface area is 395 Å². The molecule has 0 atom stereocenters. The van der Waals surface area contributed by atoms with Crippen LogP contribution in [0.1, 0.15) is 0 Å². The minimum absolute atomic E-state index is 1.07. The van der Waals surface area contributed by atoms with Gasteiger partial charge in [-0.25, -0.2) is 0 Å². The van der Waals surface area contributed by atoms with Crippen LogP contribution in [0.15, 0.2) is 267 Å². The van der Waals surface area contributed by atoms with Crippen molar-refractivity contribution in [2.75, 3.05) is 4.90 Å². The predicted molar refractivity (Wildman–Crippen MR) is 290 cm³/mol. The van der Waals surface area contributed by atoms with Crippen LogP contribution in [-0.2, 0) is 0 Å². The zero-order valence-corrected chi connectivity index (χ0v) is 37.3. The number of aromatic nitrogens is 1. The molecule has 1 aromatic heterocycles.